The van der Waals surface area contributed by atoms with Crippen molar-refractivity contribution in [3.05, 3.63) is 43.7 Å². The fourth-order valence-corrected chi connectivity index (χ4v) is 3.51. The fourth-order valence-electron chi connectivity index (χ4n) is 2.19. The molecule has 0 bridgehead atoms. The van der Waals surface area contributed by atoms with Gasteiger partial charge in [-0.3, -0.25) is 4.79 Å². The van der Waals surface area contributed by atoms with Gasteiger partial charge in [0.15, 0.2) is 0 Å². The molecule has 1 aliphatic rings. The average Bonchev–Trinajstić information content (AvgIpc) is 2.85. The quantitative estimate of drug-likeness (QED) is 0.770. The zero-order valence-electron chi connectivity index (χ0n) is 10.2. The summed E-state index contributed by atoms with van der Waals surface area (Å²) in [5.41, 5.74) is 4.07. The van der Waals surface area contributed by atoms with E-state index in [2.05, 4.69) is 39.3 Å². The second-order valence-electron chi connectivity index (χ2n) is 4.50. The van der Waals surface area contributed by atoms with E-state index in [0.29, 0.717) is 0 Å². The molecule has 0 atom stereocenters. The number of hydrogen-bond donors (Lipinski definition) is 2. The Morgan fingerprint density at radius 2 is 2.26 bits per heavy atom. The third-order valence-electron chi connectivity index (χ3n) is 3.13. The van der Waals surface area contributed by atoms with Gasteiger partial charge in [0.2, 0.25) is 0 Å². The zero-order valence-corrected chi connectivity index (χ0v) is 13.2. The van der Waals surface area contributed by atoms with Crippen LogP contribution in [0.25, 0.3) is 0 Å². The Morgan fingerprint density at radius 3 is 3.05 bits per heavy atom. The fraction of sp³-hybridized carbons (Fsp3) is 0.214. The third-order valence-corrected chi connectivity index (χ3v) is 4.92. The molecule has 1 aromatic carbocycles. The van der Waals surface area contributed by atoms with Crippen LogP contribution in [0.1, 0.15) is 22.3 Å². The Hall–Kier alpha value is -1.08. The molecular weight excluding hydrogens is 371 g/mol. The smallest absolute Gasteiger partial charge is 0.256 e. The molecule has 0 saturated carbocycles. The minimum Gasteiger partial charge on any atom is -0.385 e. The van der Waals surface area contributed by atoms with Crippen LogP contribution < -0.4 is 10.6 Å². The molecule has 1 aromatic heterocycles. The molecule has 2 aromatic rings. The second-order valence-corrected chi connectivity index (χ2v) is 7.30. The van der Waals surface area contributed by atoms with Crippen LogP contribution in [0.3, 0.4) is 0 Å². The van der Waals surface area contributed by atoms with Crippen molar-refractivity contribution >= 4 is 51.2 Å². The van der Waals surface area contributed by atoms with Gasteiger partial charge in [-0.15, -0.1) is 11.3 Å². The van der Waals surface area contributed by atoms with Crippen LogP contribution in [-0.2, 0) is 6.42 Å². The molecule has 3 rings (SSSR count). The van der Waals surface area contributed by atoms with Crippen molar-refractivity contribution in [1.82, 2.24) is 0 Å². The molecule has 0 radical (unpaired) electrons. The number of fused-ring (bicyclic) bond motifs is 1. The first kappa shape index (κ1) is 12.9. The number of carbonyl (C=O) groups excluding carboxylic acids is 1. The third kappa shape index (κ3) is 2.92. The molecular formula is C14H13IN2OS. The number of thiophene rings is 1. The monoisotopic (exact) mass is 384 g/mol. The van der Waals surface area contributed by atoms with Crippen LogP contribution in [0, 0.1) is 2.88 Å². The van der Waals surface area contributed by atoms with Crippen LogP contribution in [0.2, 0.25) is 0 Å². The van der Waals surface area contributed by atoms with E-state index in [0.717, 1.165) is 33.5 Å². The van der Waals surface area contributed by atoms with E-state index in [1.54, 1.807) is 11.3 Å². The van der Waals surface area contributed by atoms with Gasteiger partial charge in [0.05, 0.1) is 8.45 Å². The van der Waals surface area contributed by atoms with Gasteiger partial charge in [0, 0.05) is 23.3 Å². The van der Waals surface area contributed by atoms with Crippen molar-refractivity contribution in [3.8, 4) is 0 Å². The van der Waals surface area contributed by atoms with Crippen molar-refractivity contribution in [1.29, 1.82) is 0 Å². The van der Waals surface area contributed by atoms with E-state index in [-0.39, 0.29) is 5.91 Å². The van der Waals surface area contributed by atoms with Crippen molar-refractivity contribution in [3.63, 3.8) is 0 Å². The Balaban J connectivity index is 1.78. The number of halogens is 1. The maximum Gasteiger partial charge on any atom is 0.256 e. The summed E-state index contributed by atoms with van der Waals surface area (Å²) in [4.78, 5) is 12.1. The minimum atomic E-state index is -0.0390. The largest absolute Gasteiger partial charge is 0.385 e. The molecule has 19 heavy (non-hydrogen) atoms. The first-order valence-electron chi connectivity index (χ1n) is 6.14. The summed E-state index contributed by atoms with van der Waals surface area (Å²) < 4.78 is 1.12. The SMILES string of the molecule is O=C(Nc1ccc2c(c1)CCCN2)c1csc(I)c1. The second kappa shape index (κ2) is 5.50. The Labute approximate surface area is 129 Å². The molecule has 2 N–H and O–H groups in total. The number of carbonyl (C=O) groups is 1. The topological polar surface area (TPSA) is 41.1 Å². The van der Waals surface area contributed by atoms with Gasteiger partial charge < -0.3 is 10.6 Å². The average molecular weight is 384 g/mol. The normalized spacial score (nSPS) is 13.5. The highest BCUT2D eigenvalue weighted by molar-refractivity contribution is 14.1. The van der Waals surface area contributed by atoms with Gasteiger partial charge in [0.25, 0.3) is 5.91 Å². The van der Waals surface area contributed by atoms with Crippen molar-refractivity contribution in [2.24, 2.45) is 0 Å². The molecule has 1 aliphatic heterocycles. The summed E-state index contributed by atoms with van der Waals surface area (Å²) in [6.07, 6.45) is 2.22. The van der Waals surface area contributed by atoms with Crippen molar-refractivity contribution in [2.75, 3.05) is 17.2 Å². The van der Waals surface area contributed by atoms with E-state index in [9.17, 15) is 4.79 Å². The lowest BCUT2D eigenvalue weighted by molar-refractivity contribution is 0.102. The molecule has 0 spiro atoms. The first-order chi connectivity index (χ1) is 9.22. The zero-order chi connectivity index (χ0) is 13.2. The summed E-state index contributed by atoms with van der Waals surface area (Å²) >= 11 is 3.81. The van der Waals surface area contributed by atoms with Gasteiger partial charge in [-0.2, -0.15) is 0 Å². The molecule has 0 fully saturated rings. The molecule has 5 heteroatoms. The summed E-state index contributed by atoms with van der Waals surface area (Å²) in [7, 11) is 0. The number of aryl methyl sites for hydroxylation is 1. The molecule has 0 aliphatic carbocycles. The summed E-state index contributed by atoms with van der Waals surface area (Å²) in [5.74, 6) is -0.0390. The highest BCUT2D eigenvalue weighted by Crippen LogP contribution is 2.25. The molecule has 2 heterocycles. The molecule has 3 nitrogen and oxygen atoms in total. The van der Waals surface area contributed by atoms with E-state index in [1.165, 1.54) is 11.3 Å². The minimum absolute atomic E-state index is 0.0390. The number of benzene rings is 1. The van der Waals surface area contributed by atoms with Crippen LogP contribution in [0.4, 0.5) is 11.4 Å². The summed E-state index contributed by atoms with van der Waals surface area (Å²) in [6.45, 7) is 1.03. The van der Waals surface area contributed by atoms with Gasteiger partial charge in [-0.1, -0.05) is 0 Å². The van der Waals surface area contributed by atoms with Crippen molar-refractivity contribution < 1.29 is 4.79 Å². The highest BCUT2D eigenvalue weighted by Gasteiger charge is 2.11. The molecule has 0 unspecified atom stereocenters. The molecule has 1 amide bonds. The van der Waals surface area contributed by atoms with E-state index in [4.69, 9.17) is 0 Å². The van der Waals surface area contributed by atoms with E-state index >= 15 is 0 Å². The molecule has 98 valence electrons. The Morgan fingerprint density at radius 1 is 1.37 bits per heavy atom. The Bertz CT molecular complexity index is 624. The maximum atomic E-state index is 12.1. The van der Waals surface area contributed by atoms with Crippen LogP contribution in [-0.4, -0.2) is 12.5 Å². The van der Waals surface area contributed by atoms with Crippen LogP contribution in [0.5, 0.6) is 0 Å². The van der Waals surface area contributed by atoms with Gasteiger partial charge in [-0.25, -0.2) is 0 Å². The number of hydrogen-bond acceptors (Lipinski definition) is 3. The predicted octanol–water partition coefficient (Wildman–Crippen LogP) is 3.96. The lowest BCUT2D eigenvalue weighted by Gasteiger charge is -2.18. The summed E-state index contributed by atoms with van der Waals surface area (Å²) in [5, 5.41) is 8.21. The standard InChI is InChI=1S/C14H13IN2OS/c15-13-7-10(8-19-13)14(18)17-11-3-4-12-9(6-11)2-1-5-16-12/h3-4,6-8,16H,1-2,5H2,(H,17,18). The molecule has 0 saturated heterocycles. The summed E-state index contributed by atoms with van der Waals surface area (Å²) in [6, 6.07) is 7.96. The number of rotatable bonds is 2. The number of nitrogens with one attached hydrogen (secondary N) is 2. The van der Waals surface area contributed by atoms with Crippen molar-refractivity contribution in [2.45, 2.75) is 12.8 Å². The number of anilines is 2. The van der Waals surface area contributed by atoms with Gasteiger partial charge >= 0.3 is 0 Å². The lowest BCUT2D eigenvalue weighted by Crippen LogP contribution is -2.14. The van der Waals surface area contributed by atoms with Gasteiger partial charge in [0.1, 0.15) is 0 Å². The van der Waals surface area contributed by atoms with E-state index < -0.39 is 0 Å². The first-order valence-corrected chi connectivity index (χ1v) is 8.10. The number of amides is 1. The van der Waals surface area contributed by atoms with Gasteiger partial charge in [-0.05, 0) is 65.3 Å². The van der Waals surface area contributed by atoms with Crippen LogP contribution >= 0.6 is 33.9 Å². The predicted molar refractivity (Wildman–Crippen MR) is 88.2 cm³/mol. The highest BCUT2D eigenvalue weighted by atomic mass is 127. The Kier molecular flexibility index (Phi) is 3.74. The lowest BCUT2D eigenvalue weighted by atomic mass is 10.0. The van der Waals surface area contributed by atoms with Crippen LogP contribution in [0.15, 0.2) is 29.6 Å². The maximum absolute atomic E-state index is 12.1. The van der Waals surface area contributed by atoms with E-state index in [1.807, 2.05) is 23.6 Å².